The number of allylic oxidation sites excluding steroid dienone is 1. The molecule has 1 saturated carbocycles. The van der Waals surface area contributed by atoms with Crippen LogP contribution in [0, 0.1) is 17.8 Å². The molecule has 0 radical (unpaired) electrons. The summed E-state index contributed by atoms with van der Waals surface area (Å²) in [4.78, 5) is 10.8. The molecular weight excluding hydrogens is 180 g/mol. The molecule has 0 spiro atoms. The Bertz CT molecular complexity index is 259. The van der Waals surface area contributed by atoms with E-state index in [1.807, 2.05) is 0 Å². The van der Waals surface area contributed by atoms with Gasteiger partial charge in [0.15, 0.2) is 0 Å². The van der Waals surface area contributed by atoms with Crippen molar-refractivity contribution in [3.8, 4) is 0 Å². The van der Waals surface area contributed by atoms with Crippen LogP contribution in [0.15, 0.2) is 11.8 Å². The Kier molecular flexibility index (Phi) is 2.59. The van der Waals surface area contributed by atoms with Gasteiger partial charge in [-0.05, 0) is 24.7 Å². The Balaban J connectivity index is 2.25. The summed E-state index contributed by atoms with van der Waals surface area (Å²) >= 11 is 0. The Hall–Kier alpha value is -0.830. The number of methoxy groups -OCH3 is 1. The van der Waals surface area contributed by atoms with Crippen LogP contribution < -0.4 is 0 Å². The van der Waals surface area contributed by atoms with Crippen LogP contribution >= 0.6 is 0 Å². The van der Waals surface area contributed by atoms with Crippen LogP contribution in [0.5, 0.6) is 0 Å². The molecule has 0 saturated heterocycles. The molecule has 1 aliphatic carbocycles. The third-order valence-corrected chi connectivity index (χ3v) is 3.50. The molecule has 2 rings (SSSR count). The average Bonchev–Trinajstić information content (AvgIpc) is 2.60. The Morgan fingerprint density at radius 3 is 3.00 bits per heavy atom. The van der Waals surface area contributed by atoms with Gasteiger partial charge in [0.05, 0.1) is 6.26 Å². The zero-order valence-corrected chi connectivity index (χ0v) is 8.60. The largest absolute Gasteiger partial charge is 0.472 e. The van der Waals surface area contributed by atoms with E-state index in [1.54, 1.807) is 13.4 Å². The minimum atomic E-state index is -0.166. The maximum absolute atomic E-state index is 10.8. The summed E-state index contributed by atoms with van der Waals surface area (Å²) in [5.74, 6) is 1.28. The number of ether oxygens (including phenoxy) is 2. The minimum Gasteiger partial charge on any atom is -0.472 e. The van der Waals surface area contributed by atoms with E-state index in [4.69, 9.17) is 9.47 Å². The first-order chi connectivity index (χ1) is 6.77. The highest BCUT2D eigenvalue weighted by molar-refractivity contribution is 5.74. The number of fused-ring (bicyclic) bond motifs is 1. The topological polar surface area (TPSA) is 35.5 Å². The lowest BCUT2D eigenvalue weighted by Crippen LogP contribution is -2.35. The van der Waals surface area contributed by atoms with Crippen molar-refractivity contribution >= 4 is 6.29 Å². The van der Waals surface area contributed by atoms with Gasteiger partial charge in [-0.2, -0.15) is 0 Å². The fourth-order valence-electron chi connectivity index (χ4n) is 2.72. The van der Waals surface area contributed by atoms with Gasteiger partial charge in [0, 0.05) is 18.6 Å². The van der Waals surface area contributed by atoms with E-state index >= 15 is 0 Å². The molecule has 0 amide bonds. The molecule has 78 valence electrons. The fourth-order valence-corrected chi connectivity index (χ4v) is 2.72. The van der Waals surface area contributed by atoms with E-state index in [0.29, 0.717) is 17.8 Å². The van der Waals surface area contributed by atoms with Crippen LogP contribution in [0.25, 0.3) is 0 Å². The number of hydrogen-bond acceptors (Lipinski definition) is 3. The van der Waals surface area contributed by atoms with E-state index < -0.39 is 0 Å². The van der Waals surface area contributed by atoms with E-state index in [-0.39, 0.29) is 6.29 Å². The standard InChI is InChI=1S/C11H16O3/c1-7-3-4-9-8(5-12)6-14-11(13-2)10(7)9/h5-7,9-11H,3-4H2,1-2H3/t7-,9-,10-,11-/m1/s1. The molecular formula is C11H16O3. The summed E-state index contributed by atoms with van der Waals surface area (Å²) < 4.78 is 10.7. The predicted octanol–water partition coefficient (Wildman–Crippen LogP) is 1.73. The number of aldehydes is 1. The maximum Gasteiger partial charge on any atom is 0.202 e. The molecule has 2 aliphatic rings. The van der Waals surface area contributed by atoms with Gasteiger partial charge < -0.3 is 9.47 Å². The summed E-state index contributed by atoms with van der Waals surface area (Å²) in [5.41, 5.74) is 0.799. The van der Waals surface area contributed by atoms with Gasteiger partial charge in [-0.3, -0.25) is 4.79 Å². The van der Waals surface area contributed by atoms with E-state index in [2.05, 4.69) is 6.92 Å². The third kappa shape index (κ3) is 1.36. The van der Waals surface area contributed by atoms with Gasteiger partial charge in [-0.1, -0.05) is 6.92 Å². The first-order valence-corrected chi connectivity index (χ1v) is 5.11. The molecule has 0 unspecified atom stereocenters. The predicted molar refractivity (Wildman–Crippen MR) is 51.4 cm³/mol. The second kappa shape index (κ2) is 3.73. The summed E-state index contributed by atoms with van der Waals surface area (Å²) in [5, 5.41) is 0. The lowest BCUT2D eigenvalue weighted by atomic mass is 9.84. The number of carbonyl (C=O) groups is 1. The lowest BCUT2D eigenvalue weighted by Gasteiger charge is -2.33. The first kappa shape index (κ1) is 9.71. The molecule has 0 N–H and O–H groups in total. The van der Waals surface area contributed by atoms with Crippen LogP contribution in [-0.4, -0.2) is 19.7 Å². The lowest BCUT2D eigenvalue weighted by molar-refractivity contribution is -0.146. The second-order valence-electron chi connectivity index (χ2n) is 4.21. The molecule has 1 heterocycles. The van der Waals surface area contributed by atoms with Gasteiger partial charge in [-0.15, -0.1) is 0 Å². The van der Waals surface area contributed by atoms with Crippen molar-refractivity contribution in [3.05, 3.63) is 11.8 Å². The fraction of sp³-hybridized carbons (Fsp3) is 0.727. The highest BCUT2D eigenvalue weighted by Crippen LogP contribution is 2.45. The summed E-state index contributed by atoms with van der Waals surface area (Å²) in [6.45, 7) is 2.20. The van der Waals surface area contributed by atoms with Crippen LogP contribution in [0.2, 0.25) is 0 Å². The van der Waals surface area contributed by atoms with Crippen molar-refractivity contribution in [2.24, 2.45) is 17.8 Å². The second-order valence-corrected chi connectivity index (χ2v) is 4.21. The molecule has 3 heteroatoms. The molecule has 0 aromatic heterocycles. The van der Waals surface area contributed by atoms with Crippen molar-refractivity contribution in [2.75, 3.05) is 7.11 Å². The molecule has 0 aromatic rings. The Labute approximate surface area is 84.1 Å². The summed E-state index contributed by atoms with van der Waals surface area (Å²) in [7, 11) is 1.66. The van der Waals surface area contributed by atoms with Gasteiger partial charge in [0.1, 0.15) is 6.29 Å². The molecule has 14 heavy (non-hydrogen) atoms. The van der Waals surface area contributed by atoms with Gasteiger partial charge >= 0.3 is 0 Å². The summed E-state index contributed by atoms with van der Waals surface area (Å²) in [6, 6.07) is 0. The molecule has 4 atom stereocenters. The smallest absolute Gasteiger partial charge is 0.202 e. The first-order valence-electron chi connectivity index (χ1n) is 5.11. The zero-order chi connectivity index (χ0) is 10.1. The quantitative estimate of drug-likeness (QED) is 0.631. The van der Waals surface area contributed by atoms with Crippen LogP contribution in [0.1, 0.15) is 19.8 Å². The van der Waals surface area contributed by atoms with Crippen LogP contribution in [0.4, 0.5) is 0 Å². The zero-order valence-electron chi connectivity index (χ0n) is 8.60. The molecule has 0 aromatic carbocycles. The molecule has 1 aliphatic heterocycles. The van der Waals surface area contributed by atoms with Crippen molar-refractivity contribution in [3.63, 3.8) is 0 Å². The monoisotopic (exact) mass is 196 g/mol. The van der Waals surface area contributed by atoms with Crippen molar-refractivity contribution in [1.29, 1.82) is 0 Å². The number of rotatable bonds is 2. The van der Waals surface area contributed by atoms with Crippen molar-refractivity contribution in [2.45, 2.75) is 26.1 Å². The normalized spacial score (nSPS) is 41.1. The minimum absolute atomic E-state index is 0.166. The molecule has 1 fully saturated rings. The highest BCUT2D eigenvalue weighted by Gasteiger charge is 2.44. The SMILES string of the molecule is CO[C@@H]1OC=C(C=O)[C@H]2CC[C@@H](C)[C@@H]12. The maximum atomic E-state index is 10.8. The molecule has 0 bridgehead atoms. The van der Waals surface area contributed by atoms with E-state index in [9.17, 15) is 4.79 Å². The van der Waals surface area contributed by atoms with Gasteiger partial charge in [0.2, 0.25) is 6.29 Å². The highest BCUT2D eigenvalue weighted by atomic mass is 16.7. The van der Waals surface area contributed by atoms with E-state index in [0.717, 1.165) is 24.7 Å². The average molecular weight is 196 g/mol. The van der Waals surface area contributed by atoms with Crippen molar-refractivity contribution < 1.29 is 14.3 Å². The number of carbonyl (C=O) groups excluding carboxylic acids is 1. The third-order valence-electron chi connectivity index (χ3n) is 3.50. The van der Waals surface area contributed by atoms with Crippen molar-refractivity contribution in [1.82, 2.24) is 0 Å². The molecule has 3 nitrogen and oxygen atoms in total. The Morgan fingerprint density at radius 1 is 1.57 bits per heavy atom. The van der Waals surface area contributed by atoms with Gasteiger partial charge in [-0.25, -0.2) is 0 Å². The van der Waals surface area contributed by atoms with Crippen LogP contribution in [0.3, 0.4) is 0 Å². The Morgan fingerprint density at radius 2 is 2.36 bits per heavy atom. The van der Waals surface area contributed by atoms with E-state index in [1.165, 1.54) is 0 Å². The number of hydrogen-bond donors (Lipinski definition) is 0. The summed E-state index contributed by atoms with van der Waals surface area (Å²) in [6.07, 6.45) is 4.56. The van der Waals surface area contributed by atoms with Crippen LogP contribution in [-0.2, 0) is 14.3 Å². The van der Waals surface area contributed by atoms with Gasteiger partial charge in [0.25, 0.3) is 0 Å².